The second kappa shape index (κ2) is 8.87. The number of esters is 1. The van der Waals surface area contributed by atoms with Crippen LogP contribution in [-0.4, -0.2) is 22.8 Å². The molecule has 0 aromatic carbocycles. The van der Waals surface area contributed by atoms with Gasteiger partial charge in [0, 0.05) is 6.42 Å². The largest absolute Gasteiger partial charge is 0.466 e. The first kappa shape index (κ1) is 17.8. The molecule has 0 unspecified atom stereocenters. The molecule has 25 heavy (non-hydrogen) atoms. The van der Waals surface area contributed by atoms with E-state index in [4.69, 9.17) is 4.74 Å². The summed E-state index contributed by atoms with van der Waals surface area (Å²) < 4.78 is 4.99. The summed E-state index contributed by atoms with van der Waals surface area (Å²) in [6.45, 7) is 2.28. The van der Waals surface area contributed by atoms with Crippen LogP contribution >= 0.6 is 22.7 Å². The van der Waals surface area contributed by atoms with Crippen molar-refractivity contribution in [3.05, 3.63) is 46.7 Å². The third kappa shape index (κ3) is 4.74. The number of hydrogen-bond donors (Lipinski definition) is 0. The molecular weight excluding hydrogens is 352 g/mol. The summed E-state index contributed by atoms with van der Waals surface area (Å²) >= 11 is 3.33. The van der Waals surface area contributed by atoms with Gasteiger partial charge in [-0.3, -0.25) is 4.79 Å². The highest BCUT2D eigenvalue weighted by molar-refractivity contribution is 7.13. The zero-order valence-corrected chi connectivity index (χ0v) is 15.7. The van der Waals surface area contributed by atoms with Gasteiger partial charge in [0.25, 0.3) is 0 Å². The molecule has 3 aromatic heterocycles. The fraction of sp³-hybridized carbons (Fsp3) is 0.316. The maximum absolute atomic E-state index is 11.5. The first-order valence-corrected chi connectivity index (χ1v) is 10.1. The van der Waals surface area contributed by atoms with Crippen molar-refractivity contribution in [1.29, 1.82) is 0 Å². The Hall–Kier alpha value is -2.05. The quantitative estimate of drug-likeness (QED) is 0.402. The molecule has 6 heteroatoms. The van der Waals surface area contributed by atoms with Gasteiger partial charge in [-0.05, 0) is 60.7 Å². The van der Waals surface area contributed by atoms with Gasteiger partial charge in [0.2, 0.25) is 0 Å². The van der Waals surface area contributed by atoms with Crippen molar-refractivity contribution in [2.24, 2.45) is 0 Å². The van der Waals surface area contributed by atoms with Gasteiger partial charge >= 0.3 is 5.97 Å². The van der Waals surface area contributed by atoms with Crippen LogP contribution in [0, 0.1) is 0 Å². The van der Waals surface area contributed by atoms with Crippen LogP contribution in [0.1, 0.15) is 31.7 Å². The molecule has 0 spiro atoms. The molecule has 3 aromatic rings. The summed E-state index contributed by atoms with van der Waals surface area (Å²) in [5, 5.41) is 13.0. The van der Waals surface area contributed by atoms with Crippen molar-refractivity contribution in [3.8, 4) is 21.1 Å². The molecule has 0 saturated heterocycles. The summed E-state index contributed by atoms with van der Waals surface area (Å²) in [6, 6.07) is 10.3. The SMILES string of the molecule is CCOC(=O)CCCCc1cc(-c2cccs2)nnc1-c1cccs1. The third-order valence-electron chi connectivity index (χ3n) is 3.78. The van der Waals surface area contributed by atoms with E-state index in [1.807, 2.05) is 24.4 Å². The lowest BCUT2D eigenvalue weighted by Gasteiger charge is -2.08. The second-order valence-electron chi connectivity index (χ2n) is 5.57. The van der Waals surface area contributed by atoms with Crippen LogP contribution < -0.4 is 0 Å². The van der Waals surface area contributed by atoms with Gasteiger partial charge in [0.15, 0.2) is 0 Å². The molecule has 0 amide bonds. The number of nitrogens with zero attached hydrogens (tertiary/aromatic N) is 2. The average molecular weight is 373 g/mol. The van der Waals surface area contributed by atoms with Crippen LogP contribution in [0.2, 0.25) is 0 Å². The molecule has 0 bridgehead atoms. The number of rotatable bonds is 8. The molecule has 0 N–H and O–H groups in total. The molecule has 3 heterocycles. The Morgan fingerprint density at radius 1 is 1.08 bits per heavy atom. The van der Waals surface area contributed by atoms with Gasteiger partial charge in [-0.1, -0.05) is 12.1 Å². The molecule has 0 aliphatic carbocycles. The van der Waals surface area contributed by atoms with E-state index >= 15 is 0 Å². The van der Waals surface area contributed by atoms with Gasteiger partial charge in [-0.2, -0.15) is 0 Å². The van der Waals surface area contributed by atoms with Crippen molar-refractivity contribution in [1.82, 2.24) is 10.2 Å². The van der Waals surface area contributed by atoms with Crippen LogP contribution in [0.25, 0.3) is 21.1 Å². The number of ether oxygens (including phenoxy) is 1. The van der Waals surface area contributed by atoms with Crippen LogP contribution in [0.15, 0.2) is 41.1 Å². The molecule has 0 atom stereocenters. The lowest BCUT2D eigenvalue weighted by Crippen LogP contribution is -2.04. The highest BCUT2D eigenvalue weighted by Gasteiger charge is 2.12. The van der Waals surface area contributed by atoms with E-state index < -0.39 is 0 Å². The fourth-order valence-corrected chi connectivity index (χ4v) is 4.03. The molecule has 3 rings (SSSR count). The summed E-state index contributed by atoms with van der Waals surface area (Å²) in [5.41, 5.74) is 3.05. The summed E-state index contributed by atoms with van der Waals surface area (Å²) in [7, 11) is 0. The number of aromatic nitrogens is 2. The highest BCUT2D eigenvalue weighted by Crippen LogP contribution is 2.30. The molecule has 0 saturated carbocycles. The van der Waals surface area contributed by atoms with E-state index in [0.29, 0.717) is 13.0 Å². The lowest BCUT2D eigenvalue weighted by atomic mass is 10.0. The molecule has 0 aliphatic rings. The van der Waals surface area contributed by atoms with Crippen molar-refractivity contribution >= 4 is 28.6 Å². The van der Waals surface area contributed by atoms with E-state index in [0.717, 1.165) is 40.4 Å². The number of carbonyl (C=O) groups excluding carboxylic acids is 1. The van der Waals surface area contributed by atoms with Crippen molar-refractivity contribution in [2.75, 3.05) is 6.61 Å². The number of carbonyl (C=O) groups is 1. The maximum atomic E-state index is 11.5. The van der Waals surface area contributed by atoms with E-state index in [2.05, 4.69) is 33.8 Å². The monoisotopic (exact) mass is 372 g/mol. The van der Waals surface area contributed by atoms with E-state index in [-0.39, 0.29) is 5.97 Å². The van der Waals surface area contributed by atoms with Gasteiger partial charge in [-0.15, -0.1) is 32.9 Å². The molecule has 4 nitrogen and oxygen atoms in total. The minimum absolute atomic E-state index is 0.117. The van der Waals surface area contributed by atoms with Crippen molar-refractivity contribution in [3.63, 3.8) is 0 Å². The first-order chi connectivity index (χ1) is 12.3. The number of aryl methyl sites for hydroxylation is 1. The molecule has 0 aliphatic heterocycles. The third-order valence-corrected chi connectivity index (χ3v) is 5.55. The Morgan fingerprint density at radius 2 is 1.84 bits per heavy atom. The Balaban J connectivity index is 1.74. The molecule has 0 radical (unpaired) electrons. The van der Waals surface area contributed by atoms with Gasteiger partial charge in [0.05, 0.1) is 16.4 Å². The van der Waals surface area contributed by atoms with Crippen LogP contribution in [0.4, 0.5) is 0 Å². The normalized spacial score (nSPS) is 10.8. The van der Waals surface area contributed by atoms with Crippen molar-refractivity contribution < 1.29 is 9.53 Å². The molecule has 130 valence electrons. The fourth-order valence-electron chi connectivity index (χ4n) is 2.60. The average Bonchev–Trinajstić information content (AvgIpc) is 3.32. The zero-order valence-electron chi connectivity index (χ0n) is 14.1. The molecule has 0 fully saturated rings. The predicted octanol–water partition coefficient (Wildman–Crippen LogP) is 5.21. The topological polar surface area (TPSA) is 52.1 Å². The standard InChI is InChI=1S/C19H20N2O2S2/c1-2-23-18(22)10-4-3-7-14-13-15(16-8-5-11-24-16)20-21-19(14)17-9-6-12-25-17/h5-6,8-9,11-13H,2-4,7,10H2,1H3. The number of unbranched alkanes of at least 4 members (excludes halogenated alkanes) is 1. The minimum Gasteiger partial charge on any atom is -0.466 e. The Kier molecular flexibility index (Phi) is 6.30. The van der Waals surface area contributed by atoms with E-state index in [9.17, 15) is 4.79 Å². The van der Waals surface area contributed by atoms with Gasteiger partial charge < -0.3 is 4.74 Å². The van der Waals surface area contributed by atoms with Crippen LogP contribution in [0.5, 0.6) is 0 Å². The zero-order chi connectivity index (χ0) is 17.5. The second-order valence-corrected chi connectivity index (χ2v) is 7.47. The Bertz CT molecular complexity index is 799. The summed E-state index contributed by atoms with van der Waals surface area (Å²) in [6.07, 6.45) is 3.09. The minimum atomic E-state index is -0.117. The Labute approximate surface area is 155 Å². The Morgan fingerprint density at radius 3 is 2.52 bits per heavy atom. The van der Waals surface area contributed by atoms with Gasteiger partial charge in [-0.25, -0.2) is 0 Å². The highest BCUT2D eigenvalue weighted by atomic mass is 32.1. The summed E-state index contributed by atoms with van der Waals surface area (Å²) in [4.78, 5) is 13.7. The summed E-state index contributed by atoms with van der Waals surface area (Å²) in [5.74, 6) is -0.117. The first-order valence-electron chi connectivity index (χ1n) is 8.38. The van der Waals surface area contributed by atoms with Gasteiger partial charge in [0.1, 0.15) is 11.4 Å². The molecular formula is C19H20N2O2S2. The van der Waals surface area contributed by atoms with Crippen LogP contribution in [0.3, 0.4) is 0 Å². The van der Waals surface area contributed by atoms with Crippen molar-refractivity contribution in [2.45, 2.75) is 32.6 Å². The maximum Gasteiger partial charge on any atom is 0.305 e. The van der Waals surface area contributed by atoms with E-state index in [1.165, 1.54) is 5.56 Å². The smallest absolute Gasteiger partial charge is 0.305 e. The lowest BCUT2D eigenvalue weighted by molar-refractivity contribution is -0.143. The predicted molar refractivity (Wildman–Crippen MR) is 103 cm³/mol. The van der Waals surface area contributed by atoms with E-state index in [1.54, 1.807) is 22.7 Å². The van der Waals surface area contributed by atoms with Crippen LogP contribution in [-0.2, 0) is 16.0 Å². The number of hydrogen-bond acceptors (Lipinski definition) is 6. The number of thiophene rings is 2.